The predicted molar refractivity (Wildman–Crippen MR) is 70.4 cm³/mol. The molecule has 0 radical (unpaired) electrons. The largest absolute Gasteiger partial charge is 0.398 e. The Labute approximate surface area is 105 Å². The number of carbonyl (C=O) groups excluding carboxylic acids is 1. The number of carbonyl (C=O) groups is 1. The highest BCUT2D eigenvalue weighted by atomic mass is 79.9. The first-order chi connectivity index (χ1) is 7.65. The smallest absolute Gasteiger partial charge is 0.251 e. The average Bonchev–Trinajstić information content (AvgIpc) is 2.28. The maximum atomic E-state index is 11.7. The number of hydrogen-bond donors (Lipinski definition) is 2. The third-order valence-electron chi connectivity index (χ3n) is 2.32. The van der Waals surface area contributed by atoms with Crippen molar-refractivity contribution in [3.8, 4) is 0 Å². The topological polar surface area (TPSA) is 55.1 Å². The van der Waals surface area contributed by atoms with Gasteiger partial charge in [0.2, 0.25) is 0 Å². The fourth-order valence-electron chi connectivity index (χ4n) is 1.36. The van der Waals surface area contributed by atoms with Gasteiger partial charge in [0, 0.05) is 22.3 Å². The molecule has 0 aliphatic rings. The molecule has 0 aromatic heterocycles. The molecule has 0 bridgehead atoms. The number of hydrogen-bond acceptors (Lipinski definition) is 2. The molecule has 88 valence electrons. The summed E-state index contributed by atoms with van der Waals surface area (Å²) in [6, 6.07) is 5.23. The zero-order valence-corrected chi connectivity index (χ0v) is 11.0. The van der Waals surface area contributed by atoms with Crippen molar-refractivity contribution in [2.24, 2.45) is 0 Å². The fourth-order valence-corrected chi connectivity index (χ4v) is 1.61. The number of halogens is 1. The summed E-state index contributed by atoms with van der Waals surface area (Å²) in [7, 11) is 0. The van der Waals surface area contributed by atoms with Gasteiger partial charge in [0.15, 0.2) is 0 Å². The molecule has 3 nitrogen and oxygen atoms in total. The number of nitrogens with one attached hydrogen (secondary N) is 1. The third-order valence-corrected chi connectivity index (χ3v) is 3.05. The van der Waals surface area contributed by atoms with Gasteiger partial charge in [-0.25, -0.2) is 0 Å². The van der Waals surface area contributed by atoms with Crippen molar-refractivity contribution in [1.82, 2.24) is 5.32 Å². The number of rotatable bonds is 5. The first kappa shape index (κ1) is 13.0. The number of amides is 1. The van der Waals surface area contributed by atoms with E-state index < -0.39 is 0 Å². The minimum absolute atomic E-state index is 0.0599. The molecule has 0 saturated carbocycles. The van der Waals surface area contributed by atoms with Crippen molar-refractivity contribution >= 4 is 27.5 Å². The van der Waals surface area contributed by atoms with E-state index in [-0.39, 0.29) is 5.91 Å². The Morgan fingerprint density at radius 3 is 2.81 bits per heavy atom. The van der Waals surface area contributed by atoms with E-state index in [1.807, 2.05) is 0 Å². The Bertz CT molecular complexity index is 366. The van der Waals surface area contributed by atoms with Crippen molar-refractivity contribution in [3.63, 3.8) is 0 Å². The van der Waals surface area contributed by atoms with E-state index in [1.54, 1.807) is 18.2 Å². The second-order valence-corrected chi connectivity index (χ2v) is 4.55. The van der Waals surface area contributed by atoms with E-state index in [0.29, 0.717) is 11.3 Å². The van der Waals surface area contributed by atoms with Crippen LogP contribution in [0.25, 0.3) is 0 Å². The van der Waals surface area contributed by atoms with E-state index >= 15 is 0 Å². The Morgan fingerprint density at radius 1 is 1.44 bits per heavy atom. The monoisotopic (exact) mass is 284 g/mol. The van der Waals surface area contributed by atoms with Crippen LogP contribution >= 0.6 is 15.9 Å². The van der Waals surface area contributed by atoms with Crippen molar-refractivity contribution in [2.45, 2.75) is 26.2 Å². The number of nitrogen functional groups attached to an aromatic ring is 1. The van der Waals surface area contributed by atoms with E-state index in [0.717, 1.165) is 30.3 Å². The van der Waals surface area contributed by atoms with E-state index in [4.69, 9.17) is 5.73 Å². The molecule has 0 unspecified atom stereocenters. The Hall–Kier alpha value is -1.03. The molecule has 0 heterocycles. The first-order valence-corrected chi connectivity index (χ1v) is 6.27. The van der Waals surface area contributed by atoms with Crippen LogP contribution in [0.2, 0.25) is 0 Å². The van der Waals surface area contributed by atoms with Crippen molar-refractivity contribution in [2.75, 3.05) is 12.3 Å². The van der Waals surface area contributed by atoms with Crippen LogP contribution in [0.15, 0.2) is 22.7 Å². The lowest BCUT2D eigenvalue weighted by Crippen LogP contribution is -2.24. The minimum atomic E-state index is -0.0599. The van der Waals surface area contributed by atoms with E-state index in [2.05, 4.69) is 28.2 Å². The lowest BCUT2D eigenvalue weighted by molar-refractivity contribution is 0.0953. The average molecular weight is 285 g/mol. The summed E-state index contributed by atoms with van der Waals surface area (Å²) in [5, 5.41) is 2.87. The molecule has 1 rings (SSSR count). The highest BCUT2D eigenvalue weighted by Crippen LogP contribution is 2.20. The van der Waals surface area contributed by atoms with Crippen LogP contribution in [0, 0.1) is 0 Å². The molecular weight excluding hydrogens is 268 g/mol. The molecule has 1 amide bonds. The second-order valence-electron chi connectivity index (χ2n) is 3.70. The molecular formula is C12H17BrN2O. The van der Waals surface area contributed by atoms with Gasteiger partial charge in [0.05, 0.1) is 0 Å². The molecule has 3 N–H and O–H groups in total. The van der Waals surface area contributed by atoms with Crippen LogP contribution in [0.1, 0.15) is 36.5 Å². The summed E-state index contributed by atoms with van der Waals surface area (Å²) in [4.78, 5) is 11.7. The summed E-state index contributed by atoms with van der Waals surface area (Å²) < 4.78 is 0.815. The zero-order chi connectivity index (χ0) is 12.0. The quantitative estimate of drug-likeness (QED) is 0.645. The number of benzene rings is 1. The maximum Gasteiger partial charge on any atom is 0.251 e. The SMILES string of the molecule is CCCCCNC(=O)c1ccc(Br)c(N)c1. The molecule has 0 atom stereocenters. The van der Waals surface area contributed by atoms with Crippen molar-refractivity contribution in [3.05, 3.63) is 28.2 Å². The lowest BCUT2D eigenvalue weighted by Gasteiger charge is -2.06. The van der Waals surface area contributed by atoms with Crippen LogP contribution in [0.3, 0.4) is 0 Å². The lowest BCUT2D eigenvalue weighted by atomic mass is 10.2. The van der Waals surface area contributed by atoms with Gasteiger partial charge in [0.1, 0.15) is 0 Å². The zero-order valence-electron chi connectivity index (χ0n) is 9.42. The van der Waals surface area contributed by atoms with Crippen LogP contribution < -0.4 is 11.1 Å². The van der Waals surface area contributed by atoms with Gasteiger partial charge in [-0.3, -0.25) is 4.79 Å². The van der Waals surface area contributed by atoms with Crippen LogP contribution in [0.4, 0.5) is 5.69 Å². The van der Waals surface area contributed by atoms with Gasteiger partial charge < -0.3 is 11.1 Å². The van der Waals surface area contributed by atoms with Crippen LogP contribution in [-0.2, 0) is 0 Å². The molecule has 0 aliphatic heterocycles. The number of nitrogens with two attached hydrogens (primary N) is 1. The highest BCUT2D eigenvalue weighted by molar-refractivity contribution is 9.10. The molecule has 0 spiro atoms. The molecule has 4 heteroatoms. The Balaban J connectivity index is 2.50. The third kappa shape index (κ3) is 3.85. The van der Waals surface area contributed by atoms with Crippen molar-refractivity contribution in [1.29, 1.82) is 0 Å². The number of anilines is 1. The standard InChI is InChI=1S/C12H17BrN2O/c1-2-3-4-7-15-12(16)9-5-6-10(13)11(14)8-9/h5-6,8H,2-4,7,14H2,1H3,(H,15,16). The molecule has 1 aromatic carbocycles. The normalized spacial score (nSPS) is 10.1. The fraction of sp³-hybridized carbons (Fsp3) is 0.417. The van der Waals surface area contributed by atoms with Crippen molar-refractivity contribution < 1.29 is 4.79 Å². The highest BCUT2D eigenvalue weighted by Gasteiger charge is 2.06. The Kier molecular flexibility index (Phi) is 5.32. The Morgan fingerprint density at radius 2 is 2.19 bits per heavy atom. The molecule has 1 aromatic rings. The molecule has 0 fully saturated rings. The summed E-state index contributed by atoms with van der Waals surface area (Å²) >= 11 is 3.29. The van der Waals surface area contributed by atoms with Gasteiger partial charge >= 0.3 is 0 Å². The van der Waals surface area contributed by atoms with Gasteiger partial charge in [-0.05, 0) is 40.5 Å². The molecule has 0 saturated heterocycles. The first-order valence-electron chi connectivity index (χ1n) is 5.48. The molecule has 0 aliphatic carbocycles. The summed E-state index contributed by atoms with van der Waals surface area (Å²) in [6.07, 6.45) is 3.32. The van der Waals surface area contributed by atoms with Gasteiger partial charge in [-0.1, -0.05) is 19.8 Å². The summed E-state index contributed by atoms with van der Waals surface area (Å²) in [5.74, 6) is -0.0599. The number of unbranched alkanes of at least 4 members (excludes halogenated alkanes) is 2. The van der Waals surface area contributed by atoms with Crippen LogP contribution in [0.5, 0.6) is 0 Å². The minimum Gasteiger partial charge on any atom is -0.398 e. The second kappa shape index (κ2) is 6.53. The van der Waals surface area contributed by atoms with Gasteiger partial charge in [0.25, 0.3) is 5.91 Å². The van der Waals surface area contributed by atoms with Gasteiger partial charge in [-0.2, -0.15) is 0 Å². The molecule has 16 heavy (non-hydrogen) atoms. The summed E-state index contributed by atoms with van der Waals surface area (Å²) in [6.45, 7) is 2.86. The predicted octanol–water partition coefficient (Wildman–Crippen LogP) is 2.95. The maximum absolute atomic E-state index is 11.7. The summed E-state index contributed by atoms with van der Waals surface area (Å²) in [5.41, 5.74) is 6.90. The van der Waals surface area contributed by atoms with E-state index in [1.165, 1.54) is 0 Å². The van der Waals surface area contributed by atoms with E-state index in [9.17, 15) is 4.79 Å². The van der Waals surface area contributed by atoms with Crippen LogP contribution in [-0.4, -0.2) is 12.5 Å². The van der Waals surface area contributed by atoms with Gasteiger partial charge in [-0.15, -0.1) is 0 Å².